The van der Waals surface area contributed by atoms with Gasteiger partial charge in [0.1, 0.15) is 24.2 Å². The highest BCUT2D eigenvalue weighted by Crippen LogP contribution is 2.45. The van der Waals surface area contributed by atoms with Gasteiger partial charge in [0, 0.05) is 6.20 Å². The number of para-hydroxylation sites is 1. The van der Waals surface area contributed by atoms with Crippen LogP contribution in [0.4, 0.5) is 5.82 Å². The number of hydrogen-bond acceptors (Lipinski definition) is 10. The first-order chi connectivity index (χ1) is 14.8. The summed E-state index contributed by atoms with van der Waals surface area (Å²) in [5.41, 5.74) is 4.89. The van der Waals surface area contributed by atoms with Crippen LogP contribution in [0, 0.1) is 0 Å². The fourth-order valence-corrected chi connectivity index (χ4v) is 4.13. The third kappa shape index (κ3) is 6.12. The minimum atomic E-state index is -4.03. The highest BCUT2D eigenvalue weighted by molar-refractivity contribution is 7.52. The Labute approximate surface area is 177 Å². The molecule has 1 unspecified atom stereocenters. The van der Waals surface area contributed by atoms with Crippen molar-refractivity contribution in [1.82, 2.24) is 14.6 Å². The third-order valence-corrected chi connectivity index (χ3v) is 5.79. The van der Waals surface area contributed by atoms with E-state index >= 15 is 0 Å². The molecule has 0 bridgehead atoms. The molecule has 1 saturated heterocycles. The highest BCUT2D eigenvalue weighted by Gasteiger charge is 2.35. The van der Waals surface area contributed by atoms with Crippen LogP contribution in [0.15, 0.2) is 47.4 Å². The van der Waals surface area contributed by atoms with Crippen LogP contribution < -0.4 is 21.0 Å². The molecule has 13 heteroatoms. The fraction of sp³-hybridized carbons (Fsp3) is 0.389. The van der Waals surface area contributed by atoms with Crippen molar-refractivity contribution in [1.29, 1.82) is 0 Å². The quantitative estimate of drug-likeness (QED) is 0.413. The van der Waals surface area contributed by atoms with Crippen LogP contribution in [0.3, 0.4) is 0 Å². The second kappa shape index (κ2) is 10.0. The van der Waals surface area contributed by atoms with Gasteiger partial charge in [-0.3, -0.25) is 13.9 Å². The summed E-state index contributed by atoms with van der Waals surface area (Å²) < 4.78 is 41.2. The molecule has 31 heavy (non-hydrogen) atoms. The molecule has 0 amide bonds. The van der Waals surface area contributed by atoms with Gasteiger partial charge in [-0.25, -0.2) is 9.36 Å². The number of hydrogen-bond donors (Lipinski definition) is 2. The second-order valence-corrected chi connectivity index (χ2v) is 8.16. The number of nitrogen functional groups attached to an aromatic ring is 1. The van der Waals surface area contributed by atoms with E-state index in [0.29, 0.717) is 0 Å². The van der Waals surface area contributed by atoms with Crippen molar-refractivity contribution >= 4 is 19.5 Å². The van der Waals surface area contributed by atoms with Crippen LogP contribution in [0.5, 0.6) is 5.75 Å². The Morgan fingerprint density at radius 3 is 2.81 bits per heavy atom. The highest BCUT2D eigenvalue weighted by atomic mass is 31.2. The molecular weight excluding hydrogens is 431 g/mol. The summed E-state index contributed by atoms with van der Waals surface area (Å²) in [4.78, 5) is 27.3. The van der Waals surface area contributed by atoms with Gasteiger partial charge in [-0.05, 0) is 25.1 Å². The number of methoxy groups -OCH3 is 1. The molecular formula is C18H23N4O8P. The average molecular weight is 454 g/mol. The molecule has 1 aromatic heterocycles. The van der Waals surface area contributed by atoms with E-state index in [1.54, 1.807) is 30.3 Å². The summed E-state index contributed by atoms with van der Waals surface area (Å²) in [6.07, 6.45) is -0.270. The standard InChI is InChI=1S/C18H23N4O8P/c1-12(17(23)26-2)21-31(25,30-13-6-4-3-5-7-13)28-11-16-27-10-15(29-16)22-9-8-14(19)20-18(22)24/h3-9,12,15-16H,10-11H2,1-2H3,(H,21,25)(H2,19,20,24)/t12-,15-,16-,31?/m0/s1. The van der Waals surface area contributed by atoms with Gasteiger partial charge < -0.3 is 24.5 Å². The number of nitrogens with one attached hydrogen (secondary N) is 1. The zero-order valence-corrected chi connectivity index (χ0v) is 17.8. The molecule has 1 aromatic carbocycles. The molecule has 12 nitrogen and oxygen atoms in total. The summed E-state index contributed by atoms with van der Waals surface area (Å²) in [5.74, 6) is -0.296. The predicted molar refractivity (Wildman–Crippen MR) is 108 cm³/mol. The molecule has 1 aliphatic heterocycles. The van der Waals surface area contributed by atoms with Crippen molar-refractivity contribution in [3.63, 3.8) is 0 Å². The topological polar surface area (TPSA) is 153 Å². The molecule has 1 aliphatic rings. The van der Waals surface area contributed by atoms with Gasteiger partial charge in [-0.15, -0.1) is 0 Å². The minimum Gasteiger partial charge on any atom is -0.468 e. The van der Waals surface area contributed by atoms with E-state index in [1.807, 2.05) is 0 Å². The Balaban J connectivity index is 1.66. The molecule has 4 atom stereocenters. The number of benzene rings is 1. The Kier molecular flexibility index (Phi) is 7.42. The number of nitrogens with zero attached hydrogens (tertiary/aromatic N) is 2. The van der Waals surface area contributed by atoms with Crippen LogP contribution in [0.1, 0.15) is 13.2 Å². The van der Waals surface area contributed by atoms with Crippen LogP contribution >= 0.6 is 7.75 Å². The number of carbonyl (C=O) groups is 1. The summed E-state index contributed by atoms with van der Waals surface area (Å²) >= 11 is 0. The number of aromatic nitrogens is 2. The second-order valence-electron chi connectivity index (χ2n) is 6.47. The SMILES string of the molecule is COC(=O)[C@H](C)NP(=O)(OC[C@H]1OC[C@@H](n2ccc(N)nc2=O)O1)Oc1ccccc1. The van der Waals surface area contributed by atoms with Crippen molar-refractivity contribution in [2.24, 2.45) is 0 Å². The molecule has 168 valence electrons. The molecule has 3 rings (SSSR count). The molecule has 0 spiro atoms. The lowest BCUT2D eigenvalue weighted by Gasteiger charge is -2.23. The van der Waals surface area contributed by atoms with Gasteiger partial charge in [0.05, 0.1) is 13.7 Å². The molecule has 0 saturated carbocycles. The van der Waals surface area contributed by atoms with E-state index < -0.39 is 38.0 Å². The Morgan fingerprint density at radius 1 is 1.39 bits per heavy atom. The molecule has 3 N–H and O–H groups in total. The number of anilines is 1. The molecule has 2 heterocycles. The van der Waals surface area contributed by atoms with E-state index in [1.165, 1.54) is 30.9 Å². The number of esters is 1. The predicted octanol–water partition coefficient (Wildman–Crippen LogP) is 1.05. The number of nitrogens with two attached hydrogens (primary N) is 1. The van der Waals surface area contributed by atoms with Crippen molar-refractivity contribution < 1.29 is 32.6 Å². The Morgan fingerprint density at radius 2 is 2.13 bits per heavy atom. The maximum absolute atomic E-state index is 13.3. The van der Waals surface area contributed by atoms with Crippen molar-refractivity contribution in [2.75, 3.05) is 26.1 Å². The van der Waals surface area contributed by atoms with Crippen LogP contribution in [-0.4, -0.2) is 48.2 Å². The van der Waals surface area contributed by atoms with Crippen LogP contribution in [0.25, 0.3) is 0 Å². The van der Waals surface area contributed by atoms with Gasteiger partial charge >= 0.3 is 19.4 Å². The number of rotatable bonds is 9. The first-order valence-electron chi connectivity index (χ1n) is 9.26. The Hall–Kier alpha value is -2.76. The molecule has 2 aromatic rings. The lowest BCUT2D eigenvalue weighted by Crippen LogP contribution is -2.35. The fourth-order valence-electron chi connectivity index (χ4n) is 2.66. The average Bonchev–Trinajstić information content (AvgIpc) is 3.21. The van der Waals surface area contributed by atoms with Gasteiger partial charge in [-0.1, -0.05) is 18.2 Å². The minimum absolute atomic E-state index is 0.0371. The van der Waals surface area contributed by atoms with E-state index in [-0.39, 0.29) is 24.8 Å². The maximum Gasteiger partial charge on any atom is 0.459 e. The third-order valence-electron chi connectivity index (χ3n) is 4.15. The van der Waals surface area contributed by atoms with E-state index in [9.17, 15) is 14.2 Å². The summed E-state index contributed by atoms with van der Waals surface area (Å²) in [6.45, 7) is 1.18. The zero-order chi connectivity index (χ0) is 22.4. The van der Waals surface area contributed by atoms with Crippen LogP contribution in [-0.2, 0) is 28.1 Å². The van der Waals surface area contributed by atoms with Gasteiger partial charge in [0.15, 0.2) is 12.5 Å². The number of ether oxygens (including phenoxy) is 3. The van der Waals surface area contributed by atoms with E-state index in [0.717, 1.165) is 0 Å². The summed E-state index contributed by atoms with van der Waals surface area (Å²) in [5, 5.41) is 2.52. The van der Waals surface area contributed by atoms with Crippen molar-refractivity contribution in [3.05, 3.63) is 53.1 Å². The normalized spacial score (nSPS) is 21.2. The molecule has 0 aliphatic carbocycles. The molecule has 1 fully saturated rings. The zero-order valence-electron chi connectivity index (χ0n) is 16.9. The van der Waals surface area contributed by atoms with Gasteiger partial charge in [0.2, 0.25) is 0 Å². The van der Waals surface area contributed by atoms with E-state index in [4.69, 9.17) is 24.3 Å². The smallest absolute Gasteiger partial charge is 0.459 e. The molecule has 0 radical (unpaired) electrons. The van der Waals surface area contributed by atoms with Gasteiger partial charge in [-0.2, -0.15) is 10.1 Å². The van der Waals surface area contributed by atoms with Crippen LogP contribution in [0.2, 0.25) is 0 Å². The van der Waals surface area contributed by atoms with Crippen molar-refractivity contribution in [3.8, 4) is 5.75 Å². The lowest BCUT2D eigenvalue weighted by molar-refractivity contribution is -0.142. The van der Waals surface area contributed by atoms with Gasteiger partial charge in [0.25, 0.3) is 0 Å². The monoisotopic (exact) mass is 454 g/mol. The summed E-state index contributed by atoms with van der Waals surface area (Å²) in [6, 6.07) is 8.79. The van der Waals surface area contributed by atoms with E-state index in [2.05, 4.69) is 14.8 Å². The lowest BCUT2D eigenvalue weighted by atomic mass is 10.3. The Bertz CT molecular complexity index is 1000. The maximum atomic E-state index is 13.3. The number of carbonyl (C=O) groups excluding carboxylic acids is 1. The first kappa shape index (κ1) is 22.9. The first-order valence-corrected chi connectivity index (χ1v) is 10.8. The largest absolute Gasteiger partial charge is 0.468 e. The van der Waals surface area contributed by atoms with Crippen molar-refractivity contribution in [2.45, 2.75) is 25.5 Å². The summed E-state index contributed by atoms with van der Waals surface area (Å²) in [7, 11) is -2.83.